The van der Waals surface area contributed by atoms with Crippen molar-refractivity contribution in [3.8, 4) is 5.75 Å². The lowest BCUT2D eigenvalue weighted by molar-refractivity contribution is -0.274. The number of piperazine rings is 1. The first kappa shape index (κ1) is 30.8. The van der Waals surface area contributed by atoms with Crippen LogP contribution in [-0.2, 0) is 32.7 Å². The molecule has 42 heavy (non-hydrogen) atoms. The summed E-state index contributed by atoms with van der Waals surface area (Å²) in [7, 11) is -4.32. The number of benzene rings is 2. The van der Waals surface area contributed by atoms with Crippen molar-refractivity contribution < 1.29 is 41.0 Å². The molecule has 11 nitrogen and oxygen atoms in total. The van der Waals surface area contributed by atoms with E-state index in [1.165, 1.54) is 17.1 Å². The molecule has 1 aliphatic heterocycles. The number of aliphatic carboxylic acids is 1. The predicted octanol–water partition coefficient (Wildman–Crippen LogP) is 3.19. The first-order valence-electron chi connectivity index (χ1n) is 13.0. The van der Waals surface area contributed by atoms with Gasteiger partial charge in [0, 0.05) is 32.4 Å². The van der Waals surface area contributed by atoms with Gasteiger partial charge in [0.25, 0.3) is 0 Å². The molecular formula is C27H30F3N5O6S. The summed E-state index contributed by atoms with van der Waals surface area (Å²) in [5.74, 6) is -1.92. The van der Waals surface area contributed by atoms with E-state index in [0.717, 1.165) is 39.7 Å². The number of aromatic nitrogens is 2. The second kappa shape index (κ2) is 12.4. The number of carbonyl (C=O) groups is 2. The Bertz CT molecular complexity index is 1510. The third kappa shape index (κ3) is 7.59. The van der Waals surface area contributed by atoms with E-state index >= 15 is 0 Å². The number of hydrogen-bond donors (Lipinski definition) is 2. The van der Waals surface area contributed by atoms with Crippen LogP contribution in [0.3, 0.4) is 0 Å². The fraction of sp³-hybridized carbons (Fsp3) is 0.370. The SMILES string of the molecule is CC(C)c1ccc(CNC(=O)[C@H]2CN(c3cnn(CC(=O)O)c3)CCN2S(=O)(=O)c2ccc(OC(F)(F)F)cc2)cc1. The zero-order chi connectivity index (χ0) is 30.7. The highest BCUT2D eigenvalue weighted by molar-refractivity contribution is 7.89. The highest BCUT2D eigenvalue weighted by Crippen LogP contribution is 2.28. The van der Waals surface area contributed by atoms with Gasteiger partial charge in [-0.3, -0.25) is 14.3 Å². The summed E-state index contributed by atoms with van der Waals surface area (Å²) in [4.78, 5) is 26.0. The zero-order valence-electron chi connectivity index (χ0n) is 22.8. The lowest BCUT2D eigenvalue weighted by Gasteiger charge is -2.40. The molecule has 0 spiro atoms. The van der Waals surface area contributed by atoms with Gasteiger partial charge in [0.2, 0.25) is 15.9 Å². The maximum Gasteiger partial charge on any atom is 0.573 e. The number of alkyl halides is 3. The number of ether oxygens (including phenoxy) is 1. The molecule has 0 saturated carbocycles. The van der Waals surface area contributed by atoms with Gasteiger partial charge < -0.3 is 20.1 Å². The monoisotopic (exact) mass is 609 g/mol. The van der Waals surface area contributed by atoms with Crippen LogP contribution in [0.2, 0.25) is 0 Å². The summed E-state index contributed by atoms with van der Waals surface area (Å²) in [5.41, 5.74) is 2.44. The fourth-order valence-corrected chi connectivity index (χ4v) is 6.09. The van der Waals surface area contributed by atoms with E-state index in [0.29, 0.717) is 11.6 Å². The van der Waals surface area contributed by atoms with Gasteiger partial charge in [-0.25, -0.2) is 8.42 Å². The van der Waals surface area contributed by atoms with Gasteiger partial charge in [0.15, 0.2) is 0 Å². The minimum atomic E-state index is -4.94. The van der Waals surface area contributed by atoms with E-state index in [2.05, 4.69) is 29.0 Å². The number of sulfonamides is 1. The molecular weight excluding hydrogens is 579 g/mol. The van der Waals surface area contributed by atoms with Gasteiger partial charge >= 0.3 is 12.3 Å². The third-order valence-corrected chi connectivity index (χ3v) is 8.62. The molecule has 1 aliphatic rings. The molecule has 15 heteroatoms. The molecule has 3 aromatic rings. The van der Waals surface area contributed by atoms with Crippen LogP contribution in [0.15, 0.2) is 65.8 Å². The number of anilines is 1. The Hall–Kier alpha value is -4.11. The van der Waals surface area contributed by atoms with Crippen LogP contribution < -0.4 is 15.0 Å². The number of halogens is 3. The lowest BCUT2D eigenvalue weighted by atomic mass is 10.0. The van der Waals surface area contributed by atoms with Crippen molar-refractivity contribution in [2.24, 2.45) is 0 Å². The number of nitrogens with zero attached hydrogens (tertiary/aromatic N) is 4. The van der Waals surface area contributed by atoms with Gasteiger partial charge in [-0.15, -0.1) is 13.2 Å². The first-order chi connectivity index (χ1) is 19.7. The average molecular weight is 610 g/mol. The summed E-state index contributed by atoms with van der Waals surface area (Å²) in [6, 6.07) is 10.2. The van der Waals surface area contributed by atoms with E-state index < -0.39 is 40.1 Å². The number of hydrogen-bond acceptors (Lipinski definition) is 7. The number of carboxylic acid groups (broad SMARTS) is 1. The highest BCUT2D eigenvalue weighted by atomic mass is 32.2. The quantitative estimate of drug-likeness (QED) is 0.358. The Balaban J connectivity index is 1.57. The van der Waals surface area contributed by atoms with Crippen molar-refractivity contribution in [1.29, 1.82) is 0 Å². The number of carboxylic acids is 1. The molecule has 0 radical (unpaired) electrons. The molecule has 1 aromatic heterocycles. The molecule has 1 atom stereocenters. The van der Waals surface area contributed by atoms with E-state index in [1.807, 2.05) is 24.3 Å². The molecule has 2 heterocycles. The Morgan fingerprint density at radius 1 is 1.10 bits per heavy atom. The Morgan fingerprint density at radius 3 is 2.36 bits per heavy atom. The summed E-state index contributed by atoms with van der Waals surface area (Å²) >= 11 is 0. The minimum Gasteiger partial charge on any atom is -0.480 e. The van der Waals surface area contributed by atoms with Crippen molar-refractivity contribution in [3.63, 3.8) is 0 Å². The van der Waals surface area contributed by atoms with Gasteiger partial charge in [0.1, 0.15) is 18.3 Å². The van der Waals surface area contributed by atoms with E-state index in [1.54, 1.807) is 4.90 Å². The normalized spacial score (nSPS) is 16.4. The van der Waals surface area contributed by atoms with Crippen LogP contribution in [0, 0.1) is 0 Å². The smallest absolute Gasteiger partial charge is 0.480 e. The number of carbonyl (C=O) groups excluding carboxylic acids is 1. The zero-order valence-corrected chi connectivity index (χ0v) is 23.6. The van der Waals surface area contributed by atoms with Crippen molar-refractivity contribution >= 4 is 27.6 Å². The van der Waals surface area contributed by atoms with Gasteiger partial charge in [-0.1, -0.05) is 38.1 Å². The highest BCUT2D eigenvalue weighted by Gasteiger charge is 2.40. The van der Waals surface area contributed by atoms with Crippen LogP contribution in [0.25, 0.3) is 0 Å². The molecule has 226 valence electrons. The van der Waals surface area contributed by atoms with Crippen molar-refractivity contribution in [1.82, 2.24) is 19.4 Å². The Morgan fingerprint density at radius 2 is 1.76 bits per heavy atom. The summed E-state index contributed by atoms with van der Waals surface area (Å²) in [6.45, 7) is 3.82. The lowest BCUT2D eigenvalue weighted by Crippen LogP contribution is -2.60. The molecule has 0 aliphatic carbocycles. The minimum absolute atomic E-state index is 0.0780. The number of rotatable bonds is 10. The second-order valence-corrected chi connectivity index (χ2v) is 11.9. The summed E-state index contributed by atoms with van der Waals surface area (Å²) in [6.07, 6.45) is -2.02. The second-order valence-electron chi connectivity index (χ2n) is 10.0. The molecule has 2 N–H and O–H groups in total. The standard InChI is InChI=1S/C27H30F3N5O6S/c1-18(2)20-5-3-19(4-6-20)13-31-26(38)24-16-33(21-14-32-34(15-21)17-25(36)37)11-12-35(24)42(39,40)23-9-7-22(8-10-23)41-27(28,29)30/h3-10,14-15,18,24H,11-13,16-17H2,1-2H3,(H,31,38)(H,36,37)/t24-/m1/s1. The maximum absolute atomic E-state index is 13.6. The molecule has 1 amide bonds. The number of amides is 1. The Kier molecular flexibility index (Phi) is 9.11. The van der Waals surface area contributed by atoms with Crippen LogP contribution in [0.1, 0.15) is 30.9 Å². The summed E-state index contributed by atoms with van der Waals surface area (Å²) in [5, 5.41) is 15.8. The molecule has 0 unspecified atom stereocenters. The molecule has 2 aromatic carbocycles. The van der Waals surface area contributed by atoms with Gasteiger partial charge in [0.05, 0.1) is 16.8 Å². The fourth-order valence-electron chi connectivity index (χ4n) is 4.52. The topological polar surface area (TPSA) is 134 Å². The van der Waals surface area contributed by atoms with Crippen LogP contribution in [0.4, 0.5) is 18.9 Å². The molecule has 4 rings (SSSR count). The number of nitrogens with one attached hydrogen (secondary N) is 1. The first-order valence-corrected chi connectivity index (χ1v) is 14.4. The van der Waals surface area contributed by atoms with Crippen molar-refractivity contribution in [2.45, 2.75) is 50.2 Å². The molecule has 1 fully saturated rings. The van der Waals surface area contributed by atoms with Crippen LogP contribution >= 0.6 is 0 Å². The largest absolute Gasteiger partial charge is 0.573 e. The van der Waals surface area contributed by atoms with Crippen molar-refractivity contribution in [3.05, 3.63) is 72.1 Å². The van der Waals surface area contributed by atoms with E-state index in [-0.39, 0.29) is 37.6 Å². The van der Waals surface area contributed by atoms with Crippen LogP contribution in [0.5, 0.6) is 5.75 Å². The predicted molar refractivity (Wildman–Crippen MR) is 145 cm³/mol. The molecule has 0 bridgehead atoms. The average Bonchev–Trinajstić information content (AvgIpc) is 3.38. The van der Waals surface area contributed by atoms with Gasteiger partial charge in [-0.2, -0.15) is 9.40 Å². The van der Waals surface area contributed by atoms with Crippen molar-refractivity contribution in [2.75, 3.05) is 24.5 Å². The summed E-state index contributed by atoms with van der Waals surface area (Å²) < 4.78 is 71.0. The van der Waals surface area contributed by atoms with E-state index in [9.17, 15) is 31.2 Å². The van der Waals surface area contributed by atoms with E-state index in [4.69, 9.17) is 5.11 Å². The third-order valence-electron chi connectivity index (χ3n) is 6.69. The molecule has 1 saturated heterocycles. The Labute approximate surface area is 240 Å². The van der Waals surface area contributed by atoms with Crippen LogP contribution in [-0.4, -0.2) is 71.5 Å². The maximum atomic E-state index is 13.6. The van der Waals surface area contributed by atoms with Gasteiger partial charge in [-0.05, 0) is 41.3 Å².